The molecular weight excluding hydrogens is 322 g/mol. The Morgan fingerprint density at radius 3 is 2.17 bits per heavy atom. The van der Waals surface area contributed by atoms with Gasteiger partial charge < -0.3 is 9.64 Å². The summed E-state index contributed by atoms with van der Waals surface area (Å²) in [5.41, 5.74) is 1.36. The van der Waals surface area contributed by atoms with E-state index in [1.165, 1.54) is 5.56 Å². The molecule has 0 radical (unpaired) electrons. The molecule has 2 aromatic rings. The second-order valence-corrected chi connectivity index (χ2v) is 6.53. The van der Waals surface area contributed by atoms with Crippen LogP contribution in [-0.4, -0.2) is 60.7 Å². The molecule has 1 aliphatic heterocycles. The molecule has 4 nitrogen and oxygen atoms in total. The van der Waals surface area contributed by atoms with Crippen LogP contribution in [0.25, 0.3) is 0 Å². The number of hydrogen-bond donors (Lipinski definition) is 0. The highest BCUT2D eigenvalue weighted by Gasteiger charge is 2.16. The Morgan fingerprint density at radius 1 is 0.875 bits per heavy atom. The summed E-state index contributed by atoms with van der Waals surface area (Å²) in [5, 5.41) is 0.741. The molecule has 0 atom stereocenters. The maximum Gasteiger partial charge on any atom is 0.119 e. The fraction of sp³-hybridized carbons (Fsp3) is 0.421. The van der Waals surface area contributed by atoms with Gasteiger partial charge in [-0.05, 0) is 48.4 Å². The monoisotopic (exact) mass is 345 g/mol. The molecule has 1 aromatic carbocycles. The highest BCUT2D eigenvalue weighted by molar-refractivity contribution is 6.30. The van der Waals surface area contributed by atoms with Crippen molar-refractivity contribution >= 4 is 11.6 Å². The molecule has 0 saturated carbocycles. The number of pyridine rings is 1. The topological polar surface area (TPSA) is 28.6 Å². The summed E-state index contributed by atoms with van der Waals surface area (Å²) in [6.07, 6.45) is 4.84. The van der Waals surface area contributed by atoms with Crippen molar-refractivity contribution in [2.24, 2.45) is 0 Å². The van der Waals surface area contributed by atoms with Crippen LogP contribution in [0.2, 0.25) is 5.02 Å². The van der Waals surface area contributed by atoms with Crippen LogP contribution in [0.4, 0.5) is 0 Å². The Balaban J connectivity index is 1.31. The maximum absolute atomic E-state index is 5.87. The molecule has 1 saturated heterocycles. The Labute approximate surface area is 149 Å². The third kappa shape index (κ3) is 5.48. The van der Waals surface area contributed by atoms with Crippen molar-refractivity contribution in [3.8, 4) is 5.75 Å². The van der Waals surface area contributed by atoms with Gasteiger partial charge in [0.05, 0.1) is 0 Å². The smallest absolute Gasteiger partial charge is 0.119 e. The van der Waals surface area contributed by atoms with Crippen LogP contribution in [-0.2, 0) is 6.42 Å². The molecule has 0 N–H and O–H groups in total. The number of piperazine rings is 1. The molecule has 1 aromatic heterocycles. The zero-order valence-corrected chi connectivity index (χ0v) is 14.7. The van der Waals surface area contributed by atoms with Crippen LogP contribution < -0.4 is 4.74 Å². The minimum atomic E-state index is 0.721. The van der Waals surface area contributed by atoms with Crippen LogP contribution in [0.1, 0.15) is 5.56 Å². The lowest BCUT2D eigenvalue weighted by Gasteiger charge is -2.34. The highest BCUT2D eigenvalue weighted by atomic mass is 35.5. The van der Waals surface area contributed by atoms with Crippen LogP contribution >= 0.6 is 11.6 Å². The third-order valence-corrected chi connectivity index (χ3v) is 4.67. The first-order valence-corrected chi connectivity index (χ1v) is 8.89. The van der Waals surface area contributed by atoms with Crippen LogP contribution in [0.5, 0.6) is 5.75 Å². The number of nitrogens with zero attached hydrogens (tertiary/aromatic N) is 3. The molecule has 0 unspecified atom stereocenters. The van der Waals surface area contributed by atoms with Crippen molar-refractivity contribution < 1.29 is 4.74 Å². The molecule has 0 spiro atoms. The molecule has 0 amide bonds. The summed E-state index contributed by atoms with van der Waals surface area (Å²) >= 11 is 5.87. The van der Waals surface area contributed by atoms with Gasteiger partial charge in [0.25, 0.3) is 0 Å². The van der Waals surface area contributed by atoms with E-state index in [0.717, 1.165) is 63.1 Å². The molecule has 5 heteroatoms. The number of aromatic nitrogens is 1. The average molecular weight is 346 g/mol. The van der Waals surface area contributed by atoms with E-state index in [1.807, 2.05) is 36.7 Å². The van der Waals surface area contributed by atoms with Gasteiger partial charge in [-0.1, -0.05) is 11.6 Å². The van der Waals surface area contributed by atoms with E-state index in [-0.39, 0.29) is 0 Å². The van der Waals surface area contributed by atoms with Gasteiger partial charge >= 0.3 is 0 Å². The number of rotatable bonds is 7. The minimum absolute atomic E-state index is 0.721. The molecule has 1 aliphatic rings. The maximum atomic E-state index is 5.87. The van der Waals surface area contributed by atoms with Crippen LogP contribution in [0.15, 0.2) is 48.8 Å². The summed E-state index contributed by atoms with van der Waals surface area (Å²) in [5.74, 6) is 0.885. The van der Waals surface area contributed by atoms with Gasteiger partial charge in [-0.3, -0.25) is 9.88 Å². The quantitative estimate of drug-likeness (QED) is 0.771. The van der Waals surface area contributed by atoms with Crippen molar-refractivity contribution in [1.29, 1.82) is 0 Å². The second kappa shape index (κ2) is 9.02. The van der Waals surface area contributed by atoms with Gasteiger partial charge in [0.15, 0.2) is 0 Å². The number of ether oxygens (including phenoxy) is 1. The van der Waals surface area contributed by atoms with Gasteiger partial charge in [0.2, 0.25) is 0 Å². The lowest BCUT2D eigenvalue weighted by Crippen LogP contribution is -2.47. The van der Waals surface area contributed by atoms with Gasteiger partial charge in [-0.25, -0.2) is 0 Å². The lowest BCUT2D eigenvalue weighted by atomic mass is 10.2. The zero-order valence-electron chi connectivity index (χ0n) is 13.9. The predicted octanol–water partition coefficient (Wildman–Crippen LogP) is 2.97. The van der Waals surface area contributed by atoms with E-state index in [4.69, 9.17) is 16.3 Å². The summed E-state index contributed by atoms with van der Waals surface area (Å²) in [7, 11) is 0. The summed E-state index contributed by atoms with van der Waals surface area (Å²) in [4.78, 5) is 9.08. The van der Waals surface area contributed by atoms with E-state index >= 15 is 0 Å². The number of benzene rings is 1. The summed E-state index contributed by atoms with van der Waals surface area (Å²) in [6.45, 7) is 7.30. The van der Waals surface area contributed by atoms with E-state index in [1.54, 1.807) is 0 Å². The van der Waals surface area contributed by atoms with Crippen molar-refractivity contribution in [3.63, 3.8) is 0 Å². The zero-order chi connectivity index (χ0) is 16.6. The normalized spacial score (nSPS) is 16.2. The molecular formula is C19H24ClN3O. The van der Waals surface area contributed by atoms with Crippen molar-refractivity contribution in [3.05, 3.63) is 59.4 Å². The van der Waals surface area contributed by atoms with Gasteiger partial charge in [-0.15, -0.1) is 0 Å². The molecule has 0 bridgehead atoms. The van der Waals surface area contributed by atoms with Crippen molar-refractivity contribution in [2.75, 3.05) is 45.9 Å². The molecule has 2 heterocycles. The first kappa shape index (κ1) is 17.2. The standard InChI is InChI=1S/C19H24ClN3O/c20-18-1-3-19(4-2-18)24-16-15-23-13-11-22(12-14-23)10-7-17-5-8-21-9-6-17/h1-6,8-9H,7,10-16H2. The average Bonchev–Trinajstić information content (AvgIpc) is 2.64. The van der Waals surface area contributed by atoms with Gasteiger partial charge in [0.1, 0.15) is 12.4 Å². The molecule has 128 valence electrons. The van der Waals surface area contributed by atoms with Crippen molar-refractivity contribution in [1.82, 2.24) is 14.8 Å². The van der Waals surface area contributed by atoms with E-state index in [0.29, 0.717) is 0 Å². The fourth-order valence-electron chi connectivity index (χ4n) is 2.90. The number of hydrogen-bond acceptors (Lipinski definition) is 4. The largest absolute Gasteiger partial charge is 0.492 e. The molecule has 1 fully saturated rings. The fourth-order valence-corrected chi connectivity index (χ4v) is 3.02. The SMILES string of the molecule is Clc1ccc(OCCN2CCN(CCc3ccncc3)CC2)cc1. The third-order valence-electron chi connectivity index (χ3n) is 4.42. The Morgan fingerprint density at radius 2 is 1.50 bits per heavy atom. The molecule has 24 heavy (non-hydrogen) atoms. The van der Waals surface area contributed by atoms with Gasteiger partial charge in [-0.2, -0.15) is 0 Å². The van der Waals surface area contributed by atoms with E-state index < -0.39 is 0 Å². The van der Waals surface area contributed by atoms with E-state index in [2.05, 4.69) is 26.9 Å². The number of halogens is 1. The summed E-state index contributed by atoms with van der Waals surface area (Å²) in [6, 6.07) is 11.8. The summed E-state index contributed by atoms with van der Waals surface area (Å²) < 4.78 is 5.78. The Kier molecular flexibility index (Phi) is 6.47. The van der Waals surface area contributed by atoms with Crippen molar-refractivity contribution in [2.45, 2.75) is 6.42 Å². The minimum Gasteiger partial charge on any atom is -0.492 e. The van der Waals surface area contributed by atoms with Crippen LogP contribution in [0, 0.1) is 0 Å². The lowest BCUT2D eigenvalue weighted by molar-refractivity contribution is 0.118. The van der Waals surface area contributed by atoms with Gasteiger partial charge in [0, 0.05) is 56.7 Å². The highest BCUT2D eigenvalue weighted by Crippen LogP contribution is 2.15. The second-order valence-electron chi connectivity index (χ2n) is 6.09. The molecule has 3 rings (SSSR count). The van der Waals surface area contributed by atoms with Crippen LogP contribution in [0.3, 0.4) is 0 Å². The first-order valence-electron chi connectivity index (χ1n) is 8.51. The first-order chi connectivity index (χ1) is 11.8. The Hall–Kier alpha value is -1.62. The Bertz CT molecular complexity index is 598. The molecule has 0 aliphatic carbocycles. The predicted molar refractivity (Wildman–Crippen MR) is 97.8 cm³/mol. The van der Waals surface area contributed by atoms with E-state index in [9.17, 15) is 0 Å².